The van der Waals surface area contributed by atoms with Crippen LogP contribution in [-0.2, 0) is 57.7 Å². The number of aryl methyl sites for hydroxylation is 2. The van der Waals surface area contributed by atoms with Crippen molar-refractivity contribution in [3.63, 3.8) is 0 Å². The number of amides is 5. The molecule has 3 atom stereocenters. The minimum absolute atomic E-state index is 0.0193. The van der Waals surface area contributed by atoms with E-state index >= 15 is 0 Å². The number of carbonyl (C=O) groups is 4. The zero-order valence-corrected chi connectivity index (χ0v) is 51.2. The zero-order chi connectivity index (χ0) is 61.4. The summed E-state index contributed by atoms with van der Waals surface area (Å²) in [6.45, 7) is 12.1. The van der Waals surface area contributed by atoms with Crippen LogP contribution in [0, 0.1) is 23.7 Å². The fraction of sp³-hybridized carbons (Fsp3) is 0.477. The Kier molecular flexibility index (Phi) is 25.2. The molecule has 1 aliphatic carbocycles. The number of ether oxygens (including phenoxy) is 5. The largest absolute Gasteiger partial charge is 0.391 e. The van der Waals surface area contributed by atoms with E-state index in [1.165, 1.54) is 4.90 Å². The van der Waals surface area contributed by atoms with Crippen LogP contribution in [0.2, 0.25) is 0 Å². The molecule has 0 bridgehead atoms. The molecule has 0 spiro atoms. The second-order valence-corrected chi connectivity index (χ2v) is 23.8. The molecule has 0 radical (unpaired) electrons. The fourth-order valence-corrected chi connectivity index (χ4v) is 11.4. The van der Waals surface area contributed by atoms with Gasteiger partial charge < -0.3 is 55.0 Å². The Hall–Kier alpha value is -7.62. The van der Waals surface area contributed by atoms with E-state index in [0.717, 1.165) is 95.0 Å². The van der Waals surface area contributed by atoms with Gasteiger partial charge in [-0.1, -0.05) is 87.5 Å². The number of nitrogens with zero attached hydrogens (tertiary/aromatic N) is 7. The molecule has 4 heterocycles. The first-order valence-electron chi connectivity index (χ1n) is 30.0. The van der Waals surface area contributed by atoms with Crippen molar-refractivity contribution in [2.45, 2.75) is 123 Å². The molecular weight excluding hydrogens is 1130 g/mol. The number of nitrogens with one attached hydrogen (secondary N) is 4. The van der Waals surface area contributed by atoms with Crippen molar-refractivity contribution in [3.8, 4) is 27.6 Å². The topological polar surface area (TPSA) is 257 Å². The van der Waals surface area contributed by atoms with Crippen LogP contribution < -0.4 is 26.2 Å². The summed E-state index contributed by atoms with van der Waals surface area (Å²) in [4.78, 5) is 67.4. The van der Waals surface area contributed by atoms with E-state index < -0.39 is 35.4 Å². The van der Waals surface area contributed by atoms with Crippen LogP contribution in [0.1, 0.15) is 88.1 Å². The molecule has 3 aromatic carbocycles. The number of hydrogen-bond donors (Lipinski definition) is 5. The van der Waals surface area contributed by atoms with Gasteiger partial charge in [-0.15, -0.1) is 11.3 Å². The minimum Gasteiger partial charge on any atom is -0.391 e. The number of anilines is 2. The molecule has 1 saturated carbocycles. The number of aliphatic hydroxyl groups excluding tert-OH is 1. The summed E-state index contributed by atoms with van der Waals surface area (Å²) < 4.78 is 30.1. The number of thiazole rings is 1. The third-order valence-corrected chi connectivity index (χ3v) is 16.3. The highest BCUT2D eigenvalue weighted by atomic mass is 32.1. The maximum absolute atomic E-state index is 14.0. The van der Waals surface area contributed by atoms with Crippen LogP contribution in [0.4, 0.5) is 16.3 Å². The van der Waals surface area contributed by atoms with Crippen molar-refractivity contribution < 1.29 is 48.0 Å². The van der Waals surface area contributed by atoms with Crippen LogP contribution in [0.3, 0.4) is 0 Å². The summed E-state index contributed by atoms with van der Waals surface area (Å²) in [5.41, 5.74) is 8.43. The van der Waals surface area contributed by atoms with Crippen molar-refractivity contribution >= 4 is 46.6 Å². The Bertz CT molecular complexity index is 3120. The predicted molar refractivity (Wildman–Crippen MR) is 332 cm³/mol. The van der Waals surface area contributed by atoms with Crippen molar-refractivity contribution in [2.75, 3.05) is 82.8 Å². The number of aliphatic hydroxyl groups is 1. The number of nitriles is 1. The summed E-state index contributed by atoms with van der Waals surface area (Å²) in [6, 6.07) is 29.9. The number of carbonyl (C=O) groups excluding carboxylic acids is 4. The normalized spacial score (nSPS) is 17.1. The molecule has 87 heavy (non-hydrogen) atoms. The molecule has 3 aromatic heterocycles. The van der Waals surface area contributed by atoms with E-state index in [-0.39, 0.29) is 63.4 Å². The lowest BCUT2D eigenvalue weighted by atomic mass is 9.85. The van der Waals surface area contributed by atoms with Gasteiger partial charge in [0, 0.05) is 74.9 Å². The first kappa shape index (κ1) is 65.4. The number of rotatable bonds is 32. The summed E-state index contributed by atoms with van der Waals surface area (Å²) in [7, 11) is 0. The smallest absolute Gasteiger partial charge is 0.322 e. The molecule has 0 unspecified atom stereocenters. The zero-order valence-electron chi connectivity index (χ0n) is 50.4. The first-order valence-corrected chi connectivity index (χ1v) is 30.9. The molecule has 8 rings (SSSR count). The molecule has 5 amide bonds. The maximum Gasteiger partial charge on any atom is 0.322 e. The van der Waals surface area contributed by atoms with Crippen LogP contribution in [0.25, 0.3) is 21.6 Å². The second-order valence-electron chi connectivity index (χ2n) is 22.9. The quantitative estimate of drug-likeness (QED) is 0.0250. The molecule has 22 heteroatoms. The van der Waals surface area contributed by atoms with E-state index in [1.807, 2.05) is 128 Å². The molecule has 2 fully saturated rings. The molecule has 464 valence electrons. The van der Waals surface area contributed by atoms with Gasteiger partial charge in [0.2, 0.25) is 17.7 Å². The predicted octanol–water partition coefficient (Wildman–Crippen LogP) is 8.06. The highest BCUT2D eigenvalue weighted by Gasteiger charge is 2.44. The highest BCUT2D eigenvalue weighted by molar-refractivity contribution is 7.13. The third-order valence-electron chi connectivity index (χ3n) is 15.3. The van der Waals surface area contributed by atoms with Crippen LogP contribution >= 0.6 is 11.3 Å². The number of aromatic nitrogens is 4. The van der Waals surface area contributed by atoms with E-state index in [2.05, 4.69) is 54.5 Å². The molecule has 1 aliphatic heterocycles. The maximum atomic E-state index is 14.0. The van der Waals surface area contributed by atoms with Crippen LogP contribution in [0.15, 0.2) is 115 Å². The Morgan fingerprint density at radius 1 is 0.747 bits per heavy atom. The standard InChI is InChI=1S/C65H83N11O10S/c1-46-60(87-45-70-46)51-15-12-48(13-16-51)38-68-62(79)57-36-56(77)43-75(57)63(80)61(65(2,3)4)73-59(78)44-86-35-34-85-33-32-84-31-30-83-29-28-82-27-9-8-26-74-42-52(41-71-74)50-17-21-54(22-18-50)76(64(81)69-39-47-10-6-5-7-11-47)55-23-19-53(20-24-55)72-58-25-14-49(37-66)40-67-58/h5-7,10-18,21-22,25,40-42,45,53,55-57,61,77H,8-9,19-20,23-24,26-36,38-39,43-44H2,1-4H3,(H,67,72)(H,68,79)(H,69,81)(H,73,78)/t53?,55?,56-,57+,61-/m1/s1. The lowest BCUT2D eigenvalue weighted by Crippen LogP contribution is -2.58. The average molecular weight is 1210 g/mol. The van der Waals surface area contributed by atoms with Crippen molar-refractivity contribution in [1.29, 1.82) is 5.26 Å². The highest BCUT2D eigenvalue weighted by Crippen LogP contribution is 2.32. The summed E-state index contributed by atoms with van der Waals surface area (Å²) in [5, 5.41) is 36.7. The monoisotopic (exact) mass is 1210 g/mol. The molecule has 6 aromatic rings. The van der Waals surface area contributed by atoms with Gasteiger partial charge in [0.1, 0.15) is 30.6 Å². The third kappa shape index (κ3) is 20.2. The van der Waals surface area contributed by atoms with Gasteiger partial charge in [0.25, 0.3) is 0 Å². The first-order chi connectivity index (χ1) is 42.2. The van der Waals surface area contributed by atoms with Gasteiger partial charge in [-0.25, -0.2) is 14.8 Å². The average Bonchev–Trinajstić information content (AvgIpc) is 2.54. The van der Waals surface area contributed by atoms with E-state index in [4.69, 9.17) is 28.9 Å². The van der Waals surface area contributed by atoms with Gasteiger partial charge in [0.15, 0.2) is 0 Å². The molecular formula is C65H83N11O10S. The van der Waals surface area contributed by atoms with E-state index in [1.54, 1.807) is 23.6 Å². The van der Waals surface area contributed by atoms with E-state index in [9.17, 15) is 24.3 Å². The summed E-state index contributed by atoms with van der Waals surface area (Å²) in [5.74, 6) is -0.555. The molecule has 1 saturated heterocycles. The van der Waals surface area contributed by atoms with Gasteiger partial charge >= 0.3 is 6.03 Å². The SMILES string of the molecule is Cc1ncsc1-c1ccc(CNC(=O)[C@@H]2C[C@@H](O)CN2C(=O)[C@@H](NC(=O)COCCOCCOCCOCCOCCCCn2cc(-c3ccc(N(C(=O)NCc4ccccc4)C4CCC(Nc5ccc(C#N)cn5)CC4)cc3)cn2)C(C)(C)C)cc1. The number of benzene rings is 3. The fourth-order valence-electron chi connectivity index (χ4n) is 10.5. The number of unbranched alkanes of at least 4 members (excludes halogenated alkanes) is 1. The van der Waals surface area contributed by atoms with E-state index in [0.29, 0.717) is 58.4 Å². The number of hydrogen-bond acceptors (Lipinski definition) is 16. The summed E-state index contributed by atoms with van der Waals surface area (Å²) >= 11 is 1.57. The van der Waals surface area contributed by atoms with Crippen molar-refractivity contribution in [3.05, 3.63) is 137 Å². The van der Waals surface area contributed by atoms with Crippen LogP contribution in [0.5, 0.6) is 0 Å². The number of urea groups is 1. The lowest BCUT2D eigenvalue weighted by Gasteiger charge is -2.37. The van der Waals surface area contributed by atoms with Gasteiger partial charge in [-0.3, -0.25) is 24.0 Å². The van der Waals surface area contributed by atoms with Crippen molar-refractivity contribution in [2.24, 2.45) is 5.41 Å². The van der Waals surface area contributed by atoms with Gasteiger partial charge in [0.05, 0.1) is 86.8 Å². The number of likely N-dealkylation sites (tertiary alicyclic amines) is 1. The number of β-amino-alcohol motifs (C(OH)–C–C–N with tert-alkyl or cyclic N) is 1. The molecule has 2 aliphatic rings. The van der Waals surface area contributed by atoms with Crippen LogP contribution in [-0.4, -0.2) is 156 Å². The van der Waals surface area contributed by atoms with Crippen molar-refractivity contribution in [1.82, 2.24) is 40.6 Å². The Labute approximate surface area is 514 Å². The Balaban J connectivity index is 0.639. The van der Waals surface area contributed by atoms with Gasteiger partial charge in [-0.05, 0) is 97.4 Å². The number of pyridine rings is 1. The summed E-state index contributed by atoms with van der Waals surface area (Å²) in [6.07, 6.45) is 9.89. The lowest BCUT2D eigenvalue weighted by molar-refractivity contribution is -0.144. The van der Waals surface area contributed by atoms with Gasteiger partial charge in [-0.2, -0.15) is 10.4 Å². The second kappa shape index (κ2) is 33.5. The Morgan fingerprint density at radius 2 is 1.39 bits per heavy atom. The molecule has 5 N–H and O–H groups in total. The Morgan fingerprint density at radius 3 is 2.02 bits per heavy atom. The minimum atomic E-state index is -0.968. The molecule has 21 nitrogen and oxygen atoms in total.